The number of hydrogen-bond acceptors (Lipinski definition) is 4. The summed E-state index contributed by atoms with van der Waals surface area (Å²) in [5.41, 5.74) is -0.259. The minimum atomic E-state index is -0.841. The Morgan fingerprint density at radius 1 is 1.22 bits per heavy atom. The van der Waals surface area contributed by atoms with Crippen LogP contribution in [0, 0.1) is 17.5 Å². The fraction of sp³-hybridized carbons (Fsp3) is 0.278. The molecule has 0 spiro atoms. The Labute approximate surface area is 152 Å². The lowest BCUT2D eigenvalue weighted by molar-refractivity contribution is -0.117. The second kappa shape index (κ2) is 7.26. The van der Waals surface area contributed by atoms with Crippen LogP contribution in [0.25, 0.3) is 0 Å². The van der Waals surface area contributed by atoms with Gasteiger partial charge in [0.25, 0.3) is 0 Å². The number of nitrogens with one attached hydrogen (secondary N) is 1. The third-order valence-electron chi connectivity index (χ3n) is 4.21. The zero-order valence-electron chi connectivity index (χ0n) is 14.6. The van der Waals surface area contributed by atoms with Crippen LogP contribution >= 0.6 is 0 Å². The fourth-order valence-electron chi connectivity index (χ4n) is 3.05. The Balaban J connectivity index is 1.92. The molecule has 0 radical (unpaired) electrons. The second-order valence-electron chi connectivity index (χ2n) is 6.09. The minimum absolute atomic E-state index is 0.0191. The van der Waals surface area contributed by atoms with Crippen LogP contribution in [0.3, 0.4) is 0 Å². The molecule has 1 unspecified atom stereocenters. The summed E-state index contributed by atoms with van der Waals surface area (Å²) in [6, 6.07) is 4.37. The molecule has 27 heavy (non-hydrogen) atoms. The van der Waals surface area contributed by atoms with Crippen LogP contribution < -0.4 is 15.0 Å². The van der Waals surface area contributed by atoms with E-state index < -0.39 is 35.2 Å². The molecule has 0 bridgehead atoms. The highest BCUT2D eigenvalue weighted by Crippen LogP contribution is 2.36. The van der Waals surface area contributed by atoms with E-state index >= 15 is 0 Å². The van der Waals surface area contributed by atoms with Gasteiger partial charge in [-0.05, 0) is 12.1 Å². The number of benzene rings is 1. The van der Waals surface area contributed by atoms with Crippen molar-refractivity contribution in [3.05, 3.63) is 47.3 Å². The summed E-state index contributed by atoms with van der Waals surface area (Å²) in [6.07, 6.45) is -0.203. The lowest BCUT2D eigenvalue weighted by Crippen LogP contribution is -2.27. The third-order valence-corrected chi connectivity index (χ3v) is 4.21. The van der Waals surface area contributed by atoms with Gasteiger partial charge >= 0.3 is 0 Å². The molecule has 1 saturated heterocycles. The number of methoxy groups -OCH3 is 1. The van der Waals surface area contributed by atoms with Gasteiger partial charge in [-0.25, -0.2) is 18.2 Å². The highest BCUT2D eigenvalue weighted by Gasteiger charge is 2.37. The van der Waals surface area contributed by atoms with Crippen LogP contribution in [-0.2, 0) is 9.59 Å². The first-order chi connectivity index (χ1) is 12.8. The van der Waals surface area contributed by atoms with E-state index in [1.165, 1.54) is 20.1 Å². The average Bonchev–Trinajstić information content (AvgIpc) is 2.96. The highest BCUT2D eigenvalue weighted by molar-refractivity contribution is 5.96. The van der Waals surface area contributed by atoms with Crippen molar-refractivity contribution in [3.8, 4) is 5.75 Å². The Morgan fingerprint density at radius 3 is 2.48 bits per heavy atom. The molecule has 2 aromatic rings. The number of aromatic nitrogens is 1. The SMILES string of the molecule is COc1cc(F)c(C2CC(=O)N(c3nc(NC(C)=O)ccc3F)C2)c(F)c1. The summed E-state index contributed by atoms with van der Waals surface area (Å²) in [5, 5.41) is 2.40. The Hall–Kier alpha value is -3.10. The van der Waals surface area contributed by atoms with Crippen LogP contribution in [0.4, 0.5) is 24.8 Å². The molecule has 0 aliphatic carbocycles. The van der Waals surface area contributed by atoms with Crippen LogP contribution in [0.1, 0.15) is 24.8 Å². The van der Waals surface area contributed by atoms with Gasteiger partial charge in [0, 0.05) is 43.5 Å². The zero-order valence-corrected chi connectivity index (χ0v) is 14.6. The Kier molecular flexibility index (Phi) is 5.02. The molecular formula is C18H16F3N3O3. The molecule has 1 aromatic heterocycles. The lowest BCUT2D eigenvalue weighted by atomic mass is 9.97. The summed E-state index contributed by atoms with van der Waals surface area (Å²) < 4.78 is 47.6. The maximum absolute atomic E-state index is 14.3. The largest absolute Gasteiger partial charge is 0.497 e. The number of carbonyl (C=O) groups is 2. The summed E-state index contributed by atoms with van der Waals surface area (Å²) >= 11 is 0. The van der Waals surface area contributed by atoms with E-state index in [0.29, 0.717) is 0 Å². The van der Waals surface area contributed by atoms with Crippen molar-refractivity contribution in [3.63, 3.8) is 0 Å². The van der Waals surface area contributed by atoms with E-state index in [9.17, 15) is 22.8 Å². The third kappa shape index (κ3) is 3.71. The van der Waals surface area contributed by atoms with Crippen LogP contribution in [0.2, 0.25) is 0 Å². The molecule has 1 aromatic carbocycles. The molecule has 2 heterocycles. The minimum Gasteiger partial charge on any atom is -0.497 e. The number of hydrogen-bond donors (Lipinski definition) is 1. The number of pyridine rings is 1. The van der Waals surface area contributed by atoms with E-state index in [2.05, 4.69) is 10.3 Å². The fourth-order valence-corrected chi connectivity index (χ4v) is 3.05. The van der Waals surface area contributed by atoms with Crippen LogP contribution in [0.5, 0.6) is 5.75 Å². The molecule has 1 aliphatic heterocycles. The van der Waals surface area contributed by atoms with Gasteiger partial charge in [0.2, 0.25) is 11.8 Å². The maximum Gasteiger partial charge on any atom is 0.228 e. The van der Waals surface area contributed by atoms with E-state index in [0.717, 1.165) is 23.1 Å². The van der Waals surface area contributed by atoms with Crippen molar-refractivity contribution >= 4 is 23.5 Å². The van der Waals surface area contributed by atoms with Crippen LogP contribution in [-0.4, -0.2) is 30.5 Å². The topological polar surface area (TPSA) is 71.5 Å². The van der Waals surface area contributed by atoms with Crippen molar-refractivity contribution in [2.24, 2.45) is 0 Å². The number of ether oxygens (including phenoxy) is 1. The van der Waals surface area contributed by atoms with Gasteiger partial charge < -0.3 is 10.1 Å². The number of halogens is 3. The molecule has 2 amide bonds. The number of nitrogens with zero attached hydrogens (tertiary/aromatic N) is 2. The number of carbonyl (C=O) groups excluding carboxylic acids is 2. The van der Waals surface area contributed by atoms with Gasteiger partial charge in [-0.2, -0.15) is 0 Å². The quantitative estimate of drug-likeness (QED) is 0.887. The van der Waals surface area contributed by atoms with Crippen LogP contribution in [0.15, 0.2) is 24.3 Å². The summed E-state index contributed by atoms with van der Waals surface area (Å²) in [4.78, 5) is 28.5. The Morgan fingerprint density at radius 2 is 1.89 bits per heavy atom. The molecule has 0 saturated carbocycles. The number of rotatable bonds is 4. The molecule has 6 nitrogen and oxygen atoms in total. The van der Waals surface area contributed by atoms with Crippen molar-refractivity contribution in [2.75, 3.05) is 23.9 Å². The zero-order chi connectivity index (χ0) is 19.7. The predicted octanol–water partition coefficient (Wildman–Crippen LogP) is 2.99. The van der Waals surface area contributed by atoms with Gasteiger partial charge in [-0.15, -0.1) is 0 Å². The lowest BCUT2D eigenvalue weighted by Gasteiger charge is -2.18. The molecular weight excluding hydrogens is 363 g/mol. The van der Waals surface area contributed by atoms with E-state index in [1.807, 2.05) is 0 Å². The van der Waals surface area contributed by atoms with E-state index in [4.69, 9.17) is 4.74 Å². The average molecular weight is 379 g/mol. The standard InChI is InChI=1S/C18H16F3N3O3/c1-9(25)22-15-4-3-12(19)18(23-15)24-8-10(5-16(24)26)17-13(20)6-11(27-2)7-14(17)21/h3-4,6-7,10H,5,8H2,1-2H3,(H,22,23,25). The van der Waals surface area contributed by atoms with E-state index in [-0.39, 0.29) is 35.9 Å². The van der Waals surface area contributed by atoms with Gasteiger partial charge in [0.1, 0.15) is 23.2 Å². The smallest absolute Gasteiger partial charge is 0.228 e. The van der Waals surface area contributed by atoms with Gasteiger partial charge in [-0.3, -0.25) is 14.5 Å². The molecule has 1 fully saturated rings. The van der Waals surface area contributed by atoms with Gasteiger partial charge in [-0.1, -0.05) is 0 Å². The second-order valence-corrected chi connectivity index (χ2v) is 6.09. The van der Waals surface area contributed by atoms with Gasteiger partial charge in [0.05, 0.1) is 7.11 Å². The first-order valence-corrected chi connectivity index (χ1v) is 8.07. The predicted molar refractivity (Wildman–Crippen MR) is 91.1 cm³/mol. The number of amides is 2. The summed E-state index contributed by atoms with van der Waals surface area (Å²) in [6.45, 7) is 1.11. The molecule has 1 atom stereocenters. The van der Waals surface area contributed by atoms with E-state index in [1.54, 1.807) is 0 Å². The van der Waals surface area contributed by atoms with Gasteiger partial charge in [0.15, 0.2) is 11.6 Å². The maximum atomic E-state index is 14.3. The number of anilines is 2. The highest BCUT2D eigenvalue weighted by atomic mass is 19.1. The van der Waals surface area contributed by atoms with Crippen molar-refractivity contribution < 1.29 is 27.5 Å². The molecule has 3 rings (SSSR count). The first kappa shape index (κ1) is 18.7. The summed E-state index contributed by atoms with van der Waals surface area (Å²) in [5.74, 6) is -4.43. The molecule has 9 heteroatoms. The molecule has 142 valence electrons. The monoisotopic (exact) mass is 379 g/mol. The molecule has 1 N–H and O–H groups in total. The summed E-state index contributed by atoms with van der Waals surface area (Å²) in [7, 11) is 1.28. The van der Waals surface area contributed by atoms with Crippen molar-refractivity contribution in [2.45, 2.75) is 19.3 Å². The van der Waals surface area contributed by atoms with Crippen molar-refractivity contribution in [1.82, 2.24) is 4.98 Å². The Bertz CT molecular complexity index is 897. The van der Waals surface area contributed by atoms with Crippen molar-refractivity contribution in [1.29, 1.82) is 0 Å². The molecule has 1 aliphatic rings. The first-order valence-electron chi connectivity index (χ1n) is 8.07. The normalized spacial score (nSPS) is 16.6.